The fourth-order valence-corrected chi connectivity index (χ4v) is 2.39. The van der Waals surface area contributed by atoms with Gasteiger partial charge in [0.25, 0.3) is 0 Å². The van der Waals surface area contributed by atoms with Gasteiger partial charge in [-0.2, -0.15) is 0 Å². The third kappa shape index (κ3) is 1.17. The summed E-state index contributed by atoms with van der Waals surface area (Å²) in [6, 6.07) is 0. The lowest BCUT2D eigenvalue weighted by atomic mass is 9.74. The lowest BCUT2D eigenvalue weighted by molar-refractivity contribution is 0.00552. The van der Waals surface area contributed by atoms with Gasteiger partial charge in [-0.15, -0.1) is 0 Å². The largest absolute Gasteiger partial charge is 0.359 e. The van der Waals surface area contributed by atoms with Crippen molar-refractivity contribution in [1.82, 2.24) is 10.2 Å². The number of nitrogens with one attached hydrogen (secondary N) is 1. The molecule has 3 aliphatic heterocycles. The zero-order chi connectivity index (χ0) is 9.60. The molecule has 3 rings (SSSR count). The molecule has 1 N–H and O–H groups in total. The van der Waals surface area contributed by atoms with Crippen molar-refractivity contribution >= 4 is 5.84 Å². The Morgan fingerprint density at radius 2 is 2.14 bits per heavy atom. The van der Waals surface area contributed by atoms with Gasteiger partial charge in [0.2, 0.25) is 0 Å². The molecule has 3 heterocycles. The summed E-state index contributed by atoms with van der Waals surface area (Å²) < 4.78 is 12.7. The number of hydrogen-bond acceptors (Lipinski definition) is 3. The quantitative estimate of drug-likeness (QED) is 0.621. The van der Waals surface area contributed by atoms with Gasteiger partial charge in [0.05, 0.1) is 6.20 Å². The van der Waals surface area contributed by atoms with E-state index in [-0.39, 0.29) is 5.83 Å². The van der Waals surface area contributed by atoms with Gasteiger partial charge in [-0.1, -0.05) is 0 Å². The van der Waals surface area contributed by atoms with Crippen molar-refractivity contribution in [3.63, 3.8) is 0 Å². The fourth-order valence-electron chi connectivity index (χ4n) is 2.39. The number of likely N-dealkylation sites (tertiary alicyclic amines) is 1. The monoisotopic (exact) mass is 195 g/mol. The maximum Gasteiger partial charge on any atom is 0.119 e. The zero-order valence-corrected chi connectivity index (χ0v) is 8.09. The molecule has 0 aromatic carbocycles. The topological polar surface area (TPSA) is 27.6 Å². The number of aliphatic imine (C=N–C) groups is 1. The lowest BCUT2D eigenvalue weighted by Crippen LogP contribution is -2.71. The van der Waals surface area contributed by atoms with Crippen LogP contribution in [0.25, 0.3) is 0 Å². The first-order chi connectivity index (χ1) is 6.77. The summed E-state index contributed by atoms with van der Waals surface area (Å²) in [5.41, 5.74) is 0.530. The minimum absolute atomic E-state index is 0.0886. The Labute approximate surface area is 82.7 Å². The van der Waals surface area contributed by atoms with Gasteiger partial charge in [-0.25, -0.2) is 9.38 Å². The second-order valence-corrected chi connectivity index (χ2v) is 4.58. The molecule has 0 amide bonds. The lowest BCUT2D eigenvalue weighted by Gasteiger charge is -2.57. The van der Waals surface area contributed by atoms with Crippen molar-refractivity contribution in [2.45, 2.75) is 12.8 Å². The summed E-state index contributed by atoms with van der Waals surface area (Å²) in [5.74, 6) is 0.984. The van der Waals surface area contributed by atoms with E-state index in [1.54, 1.807) is 0 Å². The minimum atomic E-state index is -0.0886. The first-order valence-electron chi connectivity index (χ1n) is 5.14. The van der Waals surface area contributed by atoms with E-state index < -0.39 is 0 Å². The van der Waals surface area contributed by atoms with Gasteiger partial charge < -0.3 is 10.2 Å². The number of nitrogens with zero attached hydrogens (tertiary/aromatic N) is 2. The van der Waals surface area contributed by atoms with Crippen molar-refractivity contribution < 1.29 is 4.39 Å². The molecule has 2 saturated heterocycles. The molecule has 14 heavy (non-hydrogen) atoms. The highest BCUT2D eigenvalue weighted by Gasteiger charge is 2.48. The summed E-state index contributed by atoms with van der Waals surface area (Å²) in [7, 11) is 0. The van der Waals surface area contributed by atoms with Crippen LogP contribution < -0.4 is 5.32 Å². The first kappa shape index (κ1) is 8.41. The van der Waals surface area contributed by atoms with Crippen molar-refractivity contribution in [3.8, 4) is 0 Å². The molecule has 76 valence electrons. The normalized spacial score (nSPS) is 29.1. The molecular formula is C10H14FN3. The number of amidine groups is 1. The average Bonchev–Trinajstić information content (AvgIpc) is 2.03. The Bertz CT molecular complexity index is 309. The number of rotatable bonds is 0. The molecular weight excluding hydrogens is 181 g/mol. The molecule has 0 atom stereocenters. The highest BCUT2D eigenvalue weighted by atomic mass is 19.1. The van der Waals surface area contributed by atoms with E-state index in [2.05, 4.69) is 15.2 Å². The Balaban J connectivity index is 1.63. The molecule has 1 spiro atoms. The van der Waals surface area contributed by atoms with Gasteiger partial charge >= 0.3 is 0 Å². The van der Waals surface area contributed by atoms with Crippen LogP contribution in [0.3, 0.4) is 0 Å². The maximum absolute atomic E-state index is 12.7. The van der Waals surface area contributed by atoms with Gasteiger partial charge in [0.1, 0.15) is 11.7 Å². The van der Waals surface area contributed by atoms with Gasteiger partial charge in [-0.05, 0) is 0 Å². The smallest absolute Gasteiger partial charge is 0.119 e. The van der Waals surface area contributed by atoms with E-state index in [0.717, 1.165) is 38.4 Å². The maximum atomic E-state index is 12.7. The third-order valence-electron chi connectivity index (χ3n) is 3.36. The SMILES string of the molecule is FC1=CN=C(N2CC3(CNC3)C2)CC1. The summed E-state index contributed by atoms with van der Waals surface area (Å²) >= 11 is 0. The van der Waals surface area contributed by atoms with Crippen molar-refractivity contribution in [2.24, 2.45) is 10.4 Å². The molecule has 0 aliphatic carbocycles. The van der Waals surface area contributed by atoms with E-state index in [4.69, 9.17) is 0 Å². The van der Waals surface area contributed by atoms with Crippen LogP contribution in [0.5, 0.6) is 0 Å². The molecule has 2 fully saturated rings. The Hall–Kier alpha value is -0.900. The average molecular weight is 195 g/mol. The standard InChI is InChI=1S/C10H14FN3/c11-8-1-2-9(13-3-8)14-6-10(7-14)4-12-5-10/h3,12H,1-2,4-7H2. The summed E-state index contributed by atoms with van der Waals surface area (Å²) in [4.78, 5) is 6.42. The van der Waals surface area contributed by atoms with Crippen molar-refractivity contribution in [1.29, 1.82) is 0 Å². The number of halogens is 1. The first-order valence-corrected chi connectivity index (χ1v) is 5.14. The molecule has 3 aliphatic rings. The second-order valence-electron chi connectivity index (χ2n) is 4.58. The number of allylic oxidation sites excluding steroid dienone is 1. The molecule has 0 unspecified atom stereocenters. The zero-order valence-electron chi connectivity index (χ0n) is 8.09. The van der Waals surface area contributed by atoms with Crippen LogP contribution in [0.2, 0.25) is 0 Å². The van der Waals surface area contributed by atoms with E-state index >= 15 is 0 Å². The second kappa shape index (κ2) is 2.79. The Morgan fingerprint density at radius 3 is 2.64 bits per heavy atom. The van der Waals surface area contributed by atoms with Crippen LogP contribution in [0.1, 0.15) is 12.8 Å². The van der Waals surface area contributed by atoms with Crippen molar-refractivity contribution in [3.05, 3.63) is 12.0 Å². The van der Waals surface area contributed by atoms with E-state index in [9.17, 15) is 4.39 Å². The number of hydrogen-bond donors (Lipinski definition) is 1. The van der Waals surface area contributed by atoms with Crippen LogP contribution in [-0.4, -0.2) is 36.9 Å². The van der Waals surface area contributed by atoms with Crippen LogP contribution in [-0.2, 0) is 0 Å². The highest BCUT2D eigenvalue weighted by molar-refractivity contribution is 5.84. The molecule has 0 aromatic heterocycles. The molecule has 3 nitrogen and oxygen atoms in total. The molecule has 0 bridgehead atoms. The van der Waals surface area contributed by atoms with Gasteiger partial charge in [-0.3, -0.25) is 0 Å². The van der Waals surface area contributed by atoms with Crippen molar-refractivity contribution in [2.75, 3.05) is 26.2 Å². The molecule has 4 heteroatoms. The predicted molar refractivity (Wildman–Crippen MR) is 52.7 cm³/mol. The highest BCUT2D eigenvalue weighted by Crippen LogP contribution is 2.35. The summed E-state index contributed by atoms with van der Waals surface area (Å²) in [6.07, 6.45) is 2.66. The van der Waals surface area contributed by atoms with Gasteiger partial charge in [0.15, 0.2) is 0 Å². The predicted octanol–water partition coefficient (Wildman–Crippen LogP) is 0.895. The molecule has 0 saturated carbocycles. The fraction of sp³-hybridized carbons (Fsp3) is 0.700. The third-order valence-corrected chi connectivity index (χ3v) is 3.36. The summed E-state index contributed by atoms with van der Waals surface area (Å²) in [5, 5.41) is 3.30. The molecule has 0 aromatic rings. The minimum Gasteiger partial charge on any atom is -0.359 e. The molecule has 0 radical (unpaired) electrons. The Kier molecular flexibility index (Phi) is 1.68. The van der Waals surface area contributed by atoms with Crippen LogP contribution in [0.4, 0.5) is 4.39 Å². The van der Waals surface area contributed by atoms with Gasteiger partial charge in [0, 0.05) is 44.4 Å². The summed E-state index contributed by atoms with van der Waals surface area (Å²) in [6.45, 7) is 4.49. The van der Waals surface area contributed by atoms with Crippen LogP contribution in [0, 0.1) is 5.41 Å². The van der Waals surface area contributed by atoms with Crippen LogP contribution >= 0.6 is 0 Å². The van der Waals surface area contributed by atoms with Crippen LogP contribution in [0.15, 0.2) is 17.0 Å². The van der Waals surface area contributed by atoms with E-state index in [1.807, 2.05) is 0 Å². The van der Waals surface area contributed by atoms with E-state index in [0.29, 0.717) is 11.8 Å². The Morgan fingerprint density at radius 1 is 1.36 bits per heavy atom. The van der Waals surface area contributed by atoms with E-state index in [1.165, 1.54) is 6.20 Å².